The number of hydrogen-bond acceptors (Lipinski definition) is 3. The second-order valence-electron chi connectivity index (χ2n) is 6.91. The maximum Gasteiger partial charge on any atom is 0.105 e. The monoisotopic (exact) mass is 294 g/mol. The molecule has 1 aromatic rings. The highest BCUT2D eigenvalue weighted by molar-refractivity contribution is 5.15. The van der Waals surface area contributed by atoms with Crippen molar-refractivity contribution in [3.63, 3.8) is 0 Å². The summed E-state index contributed by atoms with van der Waals surface area (Å²) in [5.41, 5.74) is 1.66. The third kappa shape index (κ3) is 5.84. The van der Waals surface area contributed by atoms with Crippen molar-refractivity contribution in [3.05, 3.63) is 23.7 Å². The van der Waals surface area contributed by atoms with Crippen LogP contribution in [0.15, 0.2) is 16.7 Å². The van der Waals surface area contributed by atoms with Crippen molar-refractivity contribution < 1.29 is 4.42 Å². The van der Waals surface area contributed by atoms with Crippen LogP contribution >= 0.6 is 0 Å². The quantitative estimate of drug-likeness (QED) is 0.705. The zero-order valence-corrected chi connectivity index (χ0v) is 14.8. The molecule has 0 saturated heterocycles. The molecule has 0 aliphatic rings. The van der Waals surface area contributed by atoms with Gasteiger partial charge in [-0.1, -0.05) is 27.7 Å². The number of nitrogens with zero attached hydrogens (tertiary/aromatic N) is 1. The Balaban J connectivity index is 2.57. The van der Waals surface area contributed by atoms with Gasteiger partial charge in [-0.25, -0.2) is 0 Å². The molecule has 0 atom stereocenters. The molecule has 0 aliphatic carbocycles. The van der Waals surface area contributed by atoms with Crippen molar-refractivity contribution in [3.8, 4) is 0 Å². The lowest BCUT2D eigenvalue weighted by Gasteiger charge is -2.36. The van der Waals surface area contributed by atoms with Gasteiger partial charge in [-0.15, -0.1) is 0 Å². The summed E-state index contributed by atoms with van der Waals surface area (Å²) in [4.78, 5) is 2.43. The van der Waals surface area contributed by atoms with Gasteiger partial charge in [0.05, 0.1) is 6.26 Å². The summed E-state index contributed by atoms with van der Waals surface area (Å²) in [6.45, 7) is 15.5. The van der Waals surface area contributed by atoms with Crippen LogP contribution in [0.3, 0.4) is 0 Å². The minimum atomic E-state index is 0.362. The van der Waals surface area contributed by atoms with Gasteiger partial charge in [0.25, 0.3) is 0 Å². The first kappa shape index (κ1) is 18.2. The molecule has 0 saturated carbocycles. The minimum absolute atomic E-state index is 0.362. The second-order valence-corrected chi connectivity index (χ2v) is 6.91. The van der Waals surface area contributed by atoms with Gasteiger partial charge in [-0.05, 0) is 50.8 Å². The molecule has 0 aliphatic heterocycles. The minimum Gasteiger partial charge on any atom is -0.469 e. The standard InChI is InChI=1S/C18H34N2O/c1-7-18(8-2,13-19-11-15(3)4)14-20(6)12-17-9-10-21-16(17)5/h9-10,15,19H,7-8,11-14H2,1-6H3. The van der Waals surface area contributed by atoms with Crippen LogP contribution < -0.4 is 5.32 Å². The first-order valence-corrected chi connectivity index (χ1v) is 8.34. The molecule has 0 bridgehead atoms. The predicted octanol–water partition coefficient (Wildman–Crippen LogP) is 4.07. The number of nitrogens with one attached hydrogen (secondary N) is 1. The molecule has 0 radical (unpaired) electrons. The van der Waals surface area contributed by atoms with Gasteiger partial charge in [0.2, 0.25) is 0 Å². The van der Waals surface area contributed by atoms with Gasteiger partial charge < -0.3 is 14.6 Å². The summed E-state index contributed by atoms with van der Waals surface area (Å²) in [5, 5.41) is 3.66. The molecule has 0 aromatic carbocycles. The van der Waals surface area contributed by atoms with Crippen LogP contribution in [0.4, 0.5) is 0 Å². The molecule has 122 valence electrons. The molecule has 0 fully saturated rings. The van der Waals surface area contributed by atoms with Crippen LogP contribution in [0.2, 0.25) is 0 Å². The average molecular weight is 294 g/mol. The van der Waals surface area contributed by atoms with Crippen LogP contribution in [0, 0.1) is 18.3 Å². The Hall–Kier alpha value is -0.800. The first-order chi connectivity index (χ1) is 9.92. The van der Waals surface area contributed by atoms with Crippen molar-refractivity contribution in [1.29, 1.82) is 0 Å². The largest absolute Gasteiger partial charge is 0.469 e. The number of hydrogen-bond donors (Lipinski definition) is 1. The van der Waals surface area contributed by atoms with Crippen LogP contribution in [-0.4, -0.2) is 31.6 Å². The number of rotatable bonds is 10. The highest BCUT2D eigenvalue weighted by Gasteiger charge is 2.27. The number of furan rings is 1. The van der Waals surface area contributed by atoms with E-state index in [1.54, 1.807) is 6.26 Å². The lowest BCUT2D eigenvalue weighted by atomic mass is 9.81. The van der Waals surface area contributed by atoms with Gasteiger partial charge in [0, 0.05) is 25.2 Å². The molecule has 0 amide bonds. The van der Waals surface area contributed by atoms with E-state index in [-0.39, 0.29) is 0 Å². The SMILES string of the molecule is CCC(CC)(CNCC(C)C)CN(C)Cc1ccoc1C. The van der Waals surface area contributed by atoms with E-state index in [2.05, 4.69) is 51.0 Å². The maximum absolute atomic E-state index is 5.40. The number of aryl methyl sites for hydroxylation is 1. The molecular formula is C18H34N2O. The third-order valence-corrected chi connectivity index (χ3v) is 4.56. The summed E-state index contributed by atoms with van der Waals surface area (Å²) in [6, 6.07) is 2.09. The van der Waals surface area contributed by atoms with E-state index in [0.29, 0.717) is 11.3 Å². The van der Waals surface area contributed by atoms with E-state index in [9.17, 15) is 0 Å². The Labute approximate surface area is 131 Å². The smallest absolute Gasteiger partial charge is 0.105 e. The van der Waals surface area contributed by atoms with Gasteiger partial charge in [-0.3, -0.25) is 0 Å². The summed E-state index contributed by atoms with van der Waals surface area (Å²) in [6.07, 6.45) is 4.21. The van der Waals surface area contributed by atoms with Crippen LogP contribution in [0.25, 0.3) is 0 Å². The van der Waals surface area contributed by atoms with E-state index < -0.39 is 0 Å². The molecule has 0 unspecified atom stereocenters. The van der Waals surface area contributed by atoms with Gasteiger partial charge in [-0.2, -0.15) is 0 Å². The van der Waals surface area contributed by atoms with Crippen molar-refractivity contribution >= 4 is 0 Å². The predicted molar refractivity (Wildman–Crippen MR) is 90.5 cm³/mol. The zero-order valence-electron chi connectivity index (χ0n) is 14.8. The highest BCUT2D eigenvalue weighted by Crippen LogP contribution is 2.27. The van der Waals surface area contributed by atoms with Gasteiger partial charge >= 0.3 is 0 Å². The molecule has 1 N–H and O–H groups in total. The van der Waals surface area contributed by atoms with Gasteiger partial charge in [0.1, 0.15) is 5.76 Å². The first-order valence-electron chi connectivity index (χ1n) is 8.34. The Bertz CT molecular complexity index is 394. The summed E-state index contributed by atoms with van der Waals surface area (Å²) < 4.78 is 5.40. The van der Waals surface area contributed by atoms with E-state index in [1.807, 2.05) is 6.92 Å². The summed E-state index contributed by atoms with van der Waals surface area (Å²) in [5.74, 6) is 1.75. The normalized spacial score (nSPS) is 12.6. The Morgan fingerprint density at radius 3 is 2.43 bits per heavy atom. The lowest BCUT2D eigenvalue weighted by Crippen LogP contribution is -2.43. The third-order valence-electron chi connectivity index (χ3n) is 4.56. The van der Waals surface area contributed by atoms with Crippen molar-refractivity contribution in [2.24, 2.45) is 11.3 Å². The highest BCUT2D eigenvalue weighted by atomic mass is 16.3. The fourth-order valence-corrected chi connectivity index (χ4v) is 2.90. The van der Waals surface area contributed by atoms with Crippen LogP contribution in [0.5, 0.6) is 0 Å². The van der Waals surface area contributed by atoms with E-state index in [4.69, 9.17) is 4.42 Å². The Morgan fingerprint density at radius 2 is 1.95 bits per heavy atom. The molecule has 1 aromatic heterocycles. The fourth-order valence-electron chi connectivity index (χ4n) is 2.90. The Kier molecular flexibility index (Phi) is 7.47. The summed E-state index contributed by atoms with van der Waals surface area (Å²) in [7, 11) is 2.22. The fraction of sp³-hybridized carbons (Fsp3) is 0.778. The molecule has 0 spiro atoms. The molecule has 3 nitrogen and oxygen atoms in total. The Morgan fingerprint density at radius 1 is 1.29 bits per heavy atom. The van der Waals surface area contributed by atoms with E-state index >= 15 is 0 Å². The van der Waals surface area contributed by atoms with Crippen LogP contribution in [0.1, 0.15) is 51.9 Å². The van der Waals surface area contributed by atoms with Gasteiger partial charge in [0.15, 0.2) is 0 Å². The molecule has 3 heteroatoms. The molecule has 1 heterocycles. The molecule has 1 rings (SSSR count). The van der Waals surface area contributed by atoms with Crippen molar-refractivity contribution in [2.75, 3.05) is 26.7 Å². The topological polar surface area (TPSA) is 28.4 Å². The summed E-state index contributed by atoms with van der Waals surface area (Å²) >= 11 is 0. The van der Waals surface area contributed by atoms with E-state index in [0.717, 1.165) is 31.9 Å². The van der Waals surface area contributed by atoms with Crippen molar-refractivity contribution in [2.45, 2.75) is 54.0 Å². The lowest BCUT2D eigenvalue weighted by molar-refractivity contribution is 0.149. The average Bonchev–Trinajstić information content (AvgIpc) is 2.82. The zero-order chi connectivity index (χ0) is 15.9. The van der Waals surface area contributed by atoms with Crippen LogP contribution in [-0.2, 0) is 6.54 Å². The van der Waals surface area contributed by atoms with Crippen molar-refractivity contribution in [1.82, 2.24) is 10.2 Å². The molecule has 21 heavy (non-hydrogen) atoms. The van der Waals surface area contributed by atoms with E-state index in [1.165, 1.54) is 18.4 Å². The maximum atomic E-state index is 5.40. The molecular weight excluding hydrogens is 260 g/mol. The second kappa shape index (κ2) is 8.60.